The number of aryl methyl sites for hydroxylation is 1. The van der Waals surface area contributed by atoms with Gasteiger partial charge in [0.15, 0.2) is 0 Å². The minimum absolute atomic E-state index is 0.0653. The summed E-state index contributed by atoms with van der Waals surface area (Å²) in [6.45, 7) is 8.02. The largest absolute Gasteiger partial charge is 0.478 e. The lowest BCUT2D eigenvalue weighted by Gasteiger charge is -2.13. The molecule has 0 aromatic heterocycles. The van der Waals surface area contributed by atoms with E-state index in [1.165, 1.54) is 0 Å². The van der Waals surface area contributed by atoms with Crippen LogP contribution >= 0.6 is 0 Å². The van der Waals surface area contributed by atoms with Gasteiger partial charge in [-0.15, -0.1) is 0 Å². The highest BCUT2D eigenvalue weighted by Gasteiger charge is 2.21. The van der Waals surface area contributed by atoms with Gasteiger partial charge in [-0.2, -0.15) is 0 Å². The van der Waals surface area contributed by atoms with Crippen LogP contribution in [0.15, 0.2) is 12.1 Å². The average molecular weight is 292 g/mol. The Hall–Kier alpha value is -1.84. The zero-order valence-corrected chi connectivity index (χ0v) is 13.2. The molecule has 0 saturated heterocycles. The SMILES string of the molecule is CCOC(=O)c1ccc(CCCC(C)C)c(C)c1C(=O)O. The summed E-state index contributed by atoms with van der Waals surface area (Å²) < 4.78 is 4.92. The smallest absolute Gasteiger partial charge is 0.339 e. The maximum atomic E-state index is 11.9. The van der Waals surface area contributed by atoms with E-state index < -0.39 is 11.9 Å². The number of rotatable bonds is 7. The van der Waals surface area contributed by atoms with Crippen molar-refractivity contribution in [2.24, 2.45) is 5.92 Å². The summed E-state index contributed by atoms with van der Waals surface area (Å²) in [5.41, 5.74) is 1.85. The number of ether oxygens (including phenoxy) is 1. The van der Waals surface area contributed by atoms with Gasteiger partial charge in [0.2, 0.25) is 0 Å². The van der Waals surface area contributed by atoms with Crippen molar-refractivity contribution in [1.82, 2.24) is 0 Å². The van der Waals surface area contributed by atoms with Crippen molar-refractivity contribution in [1.29, 1.82) is 0 Å². The molecule has 4 heteroatoms. The fourth-order valence-corrected chi connectivity index (χ4v) is 2.38. The number of carboxylic acid groups (broad SMARTS) is 1. The molecule has 0 unspecified atom stereocenters. The van der Waals surface area contributed by atoms with Gasteiger partial charge in [0.05, 0.1) is 17.7 Å². The van der Waals surface area contributed by atoms with E-state index in [1.807, 2.05) is 6.07 Å². The van der Waals surface area contributed by atoms with Crippen LogP contribution in [0.4, 0.5) is 0 Å². The quantitative estimate of drug-likeness (QED) is 0.775. The molecular weight excluding hydrogens is 268 g/mol. The van der Waals surface area contributed by atoms with E-state index in [0.29, 0.717) is 11.5 Å². The minimum Gasteiger partial charge on any atom is -0.478 e. The maximum absolute atomic E-state index is 11.9. The first-order chi connectivity index (χ1) is 9.88. The first-order valence-electron chi connectivity index (χ1n) is 7.41. The molecule has 0 heterocycles. The van der Waals surface area contributed by atoms with Gasteiger partial charge in [-0.05, 0) is 49.8 Å². The Bertz CT molecular complexity index is 518. The van der Waals surface area contributed by atoms with Crippen LogP contribution in [0.5, 0.6) is 0 Å². The topological polar surface area (TPSA) is 63.6 Å². The highest BCUT2D eigenvalue weighted by molar-refractivity contribution is 6.03. The van der Waals surface area contributed by atoms with Crippen molar-refractivity contribution in [2.75, 3.05) is 6.61 Å². The van der Waals surface area contributed by atoms with Crippen LogP contribution in [0, 0.1) is 12.8 Å². The Morgan fingerprint density at radius 2 is 1.95 bits per heavy atom. The van der Waals surface area contributed by atoms with E-state index in [1.54, 1.807) is 19.9 Å². The van der Waals surface area contributed by atoms with Crippen LogP contribution in [0.3, 0.4) is 0 Å². The molecule has 0 radical (unpaired) electrons. The molecule has 0 spiro atoms. The summed E-state index contributed by atoms with van der Waals surface area (Å²) in [7, 11) is 0. The average Bonchev–Trinajstić information content (AvgIpc) is 2.39. The van der Waals surface area contributed by atoms with Gasteiger partial charge in [-0.25, -0.2) is 9.59 Å². The number of carbonyl (C=O) groups is 2. The fourth-order valence-electron chi connectivity index (χ4n) is 2.38. The standard InChI is InChI=1S/C17H24O4/c1-5-21-17(20)14-10-9-13(8-6-7-11(2)3)12(4)15(14)16(18)19/h9-11H,5-8H2,1-4H3,(H,18,19). The van der Waals surface area contributed by atoms with Gasteiger partial charge in [0.1, 0.15) is 0 Å². The number of benzene rings is 1. The van der Waals surface area contributed by atoms with Crippen molar-refractivity contribution in [3.05, 3.63) is 34.4 Å². The van der Waals surface area contributed by atoms with Gasteiger partial charge >= 0.3 is 11.9 Å². The van der Waals surface area contributed by atoms with Crippen molar-refractivity contribution in [3.63, 3.8) is 0 Å². The summed E-state index contributed by atoms with van der Waals surface area (Å²) in [6, 6.07) is 3.41. The molecule has 0 aliphatic carbocycles. The second kappa shape index (κ2) is 7.81. The third kappa shape index (κ3) is 4.59. The number of hydrogen-bond donors (Lipinski definition) is 1. The van der Waals surface area contributed by atoms with Crippen molar-refractivity contribution in [2.45, 2.75) is 47.0 Å². The van der Waals surface area contributed by atoms with Crippen LogP contribution in [-0.2, 0) is 11.2 Å². The number of aromatic carboxylic acids is 1. The van der Waals surface area contributed by atoms with Gasteiger partial charge in [-0.1, -0.05) is 26.3 Å². The Kier molecular flexibility index (Phi) is 6.40. The molecule has 21 heavy (non-hydrogen) atoms. The monoisotopic (exact) mass is 292 g/mol. The summed E-state index contributed by atoms with van der Waals surface area (Å²) >= 11 is 0. The van der Waals surface area contributed by atoms with Crippen LogP contribution in [-0.4, -0.2) is 23.7 Å². The predicted octanol–water partition coefficient (Wildman–Crippen LogP) is 3.85. The lowest BCUT2D eigenvalue weighted by Crippen LogP contribution is -2.14. The Balaban J connectivity index is 3.08. The van der Waals surface area contributed by atoms with Crippen molar-refractivity contribution >= 4 is 11.9 Å². The highest BCUT2D eigenvalue weighted by atomic mass is 16.5. The van der Waals surface area contributed by atoms with Crippen molar-refractivity contribution < 1.29 is 19.4 Å². The molecule has 1 rings (SSSR count). The zero-order valence-electron chi connectivity index (χ0n) is 13.2. The molecule has 0 bridgehead atoms. The van der Waals surface area contributed by atoms with Crippen LogP contribution < -0.4 is 0 Å². The van der Waals surface area contributed by atoms with Gasteiger partial charge in [0.25, 0.3) is 0 Å². The Labute approximate surface area is 126 Å². The number of carbonyl (C=O) groups excluding carboxylic acids is 1. The zero-order chi connectivity index (χ0) is 16.0. The number of hydrogen-bond acceptors (Lipinski definition) is 3. The second-order valence-electron chi connectivity index (χ2n) is 5.58. The normalized spacial score (nSPS) is 10.7. The lowest BCUT2D eigenvalue weighted by molar-refractivity contribution is 0.0514. The lowest BCUT2D eigenvalue weighted by atomic mass is 9.93. The molecule has 1 aromatic carbocycles. The summed E-state index contributed by atoms with van der Waals surface area (Å²) in [5, 5.41) is 9.39. The number of carboxylic acids is 1. The molecular formula is C17H24O4. The predicted molar refractivity (Wildman–Crippen MR) is 81.9 cm³/mol. The molecule has 1 aromatic rings. The van der Waals surface area contributed by atoms with Crippen molar-refractivity contribution in [3.8, 4) is 0 Å². The van der Waals surface area contributed by atoms with Gasteiger partial charge in [0, 0.05) is 0 Å². The second-order valence-corrected chi connectivity index (χ2v) is 5.58. The Morgan fingerprint density at radius 1 is 1.29 bits per heavy atom. The Morgan fingerprint density at radius 3 is 2.48 bits per heavy atom. The summed E-state index contributed by atoms with van der Waals surface area (Å²) in [6.07, 6.45) is 2.94. The van der Waals surface area contributed by atoms with E-state index >= 15 is 0 Å². The molecule has 4 nitrogen and oxygen atoms in total. The highest BCUT2D eigenvalue weighted by Crippen LogP contribution is 2.22. The molecule has 0 atom stereocenters. The van der Waals surface area contributed by atoms with Crippen LogP contribution in [0.2, 0.25) is 0 Å². The molecule has 0 saturated carbocycles. The fraction of sp³-hybridized carbons (Fsp3) is 0.529. The van der Waals surface area contributed by atoms with E-state index in [9.17, 15) is 14.7 Å². The molecule has 0 fully saturated rings. The summed E-state index contributed by atoms with van der Waals surface area (Å²) in [5.74, 6) is -1.03. The van der Waals surface area contributed by atoms with E-state index in [-0.39, 0.29) is 17.7 Å². The van der Waals surface area contributed by atoms with E-state index in [0.717, 1.165) is 24.8 Å². The molecule has 1 N–H and O–H groups in total. The van der Waals surface area contributed by atoms with Crippen LogP contribution in [0.1, 0.15) is 65.5 Å². The first-order valence-corrected chi connectivity index (χ1v) is 7.41. The summed E-state index contributed by atoms with van der Waals surface area (Å²) in [4.78, 5) is 23.3. The third-order valence-electron chi connectivity index (χ3n) is 3.51. The van der Waals surface area contributed by atoms with Gasteiger partial charge < -0.3 is 9.84 Å². The van der Waals surface area contributed by atoms with Gasteiger partial charge in [-0.3, -0.25) is 0 Å². The molecule has 0 amide bonds. The first kappa shape index (κ1) is 17.2. The third-order valence-corrected chi connectivity index (χ3v) is 3.51. The molecule has 0 aliphatic heterocycles. The van der Waals surface area contributed by atoms with E-state index in [2.05, 4.69) is 13.8 Å². The van der Waals surface area contributed by atoms with Crippen LogP contribution in [0.25, 0.3) is 0 Å². The number of esters is 1. The van der Waals surface area contributed by atoms with E-state index in [4.69, 9.17) is 4.74 Å². The maximum Gasteiger partial charge on any atom is 0.339 e. The minimum atomic E-state index is -1.08. The molecule has 0 aliphatic rings. The molecule has 116 valence electrons.